The first-order valence-corrected chi connectivity index (χ1v) is 7.08. The molecule has 0 aliphatic rings. The lowest BCUT2D eigenvalue weighted by Gasteiger charge is -2.35. The van der Waals surface area contributed by atoms with E-state index in [1.165, 1.54) is 0 Å². The van der Waals surface area contributed by atoms with Crippen molar-refractivity contribution in [1.82, 2.24) is 0 Å². The van der Waals surface area contributed by atoms with Gasteiger partial charge in [-0.2, -0.15) is 4.74 Å². The van der Waals surface area contributed by atoms with Crippen molar-refractivity contribution in [2.45, 2.75) is 53.9 Å². The lowest BCUT2D eigenvalue weighted by atomic mass is 10.7. The van der Waals surface area contributed by atoms with Gasteiger partial charge in [-0.05, 0) is 0 Å². The van der Waals surface area contributed by atoms with E-state index in [2.05, 4.69) is 28.4 Å². The summed E-state index contributed by atoms with van der Waals surface area (Å²) in [4.78, 5) is 68.2. The quantitative estimate of drug-likeness (QED) is 0.386. The minimum Gasteiger partial charge on any atom is -0.363 e. The first kappa shape index (κ1) is 23.8. The summed E-state index contributed by atoms with van der Waals surface area (Å²) in [6.07, 6.45) is -6.74. The summed E-state index contributed by atoms with van der Waals surface area (Å²) in [5.41, 5.74) is 0. The van der Waals surface area contributed by atoms with E-state index >= 15 is 0 Å². The summed E-state index contributed by atoms with van der Waals surface area (Å²) in [7, 11) is 0. The number of ether oxygens (including phenoxy) is 7. The molecule has 0 spiro atoms. The Kier molecular flexibility index (Phi) is 8.34. The molecule has 13 nitrogen and oxygen atoms in total. The van der Waals surface area contributed by atoms with Crippen molar-refractivity contribution >= 4 is 35.8 Å². The fourth-order valence-electron chi connectivity index (χ4n) is 1.46. The van der Waals surface area contributed by atoms with Crippen LogP contribution in [0.15, 0.2) is 0 Å². The Hall–Kier alpha value is -3.22. The van der Waals surface area contributed by atoms with Gasteiger partial charge >= 0.3 is 48.1 Å². The molecule has 0 saturated heterocycles. The lowest BCUT2D eigenvalue weighted by molar-refractivity contribution is -0.570. The van der Waals surface area contributed by atoms with Crippen LogP contribution in [-0.4, -0.2) is 48.1 Å². The second-order valence-electron chi connectivity index (χ2n) is 4.66. The summed E-state index contributed by atoms with van der Waals surface area (Å²) in [5.74, 6) is -7.33. The Morgan fingerprint density at radius 1 is 0.407 bits per heavy atom. The minimum absolute atomic E-state index is 0.802. The van der Waals surface area contributed by atoms with Crippen LogP contribution in [0.4, 0.5) is 0 Å². The van der Waals surface area contributed by atoms with E-state index < -0.39 is 48.1 Å². The molecule has 0 aromatic heterocycles. The Balaban J connectivity index is 6.38. The summed E-state index contributed by atoms with van der Waals surface area (Å²) in [6.45, 7) is 4.81. The Labute approximate surface area is 152 Å². The third-order valence-corrected chi connectivity index (χ3v) is 1.86. The summed E-state index contributed by atoms with van der Waals surface area (Å²) in [5, 5.41) is 0. The van der Waals surface area contributed by atoms with Gasteiger partial charge in [0.2, 0.25) is 0 Å². The number of hydrogen-bond donors (Lipinski definition) is 0. The van der Waals surface area contributed by atoms with Gasteiger partial charge in [0.1, 0.15) is 0 Å². The van der Waals surface area contributed by atoms with Crippen LogP contribution in [0, 0.1) is 0 Å². The number of carbonyl (C=O) groups excluding carboxylic acids is 6. The van der Waals surface area contributed by atoms with Gasteiger partial charge in [-0.15, -0.1) is 0 Å². The number of esters is 6. The molecular formula is C14H18O13. The second-order valence-corrected chi connectivity index (χ2v) is 4.66. The van der Waals surface area contributed by atoms with Crippen LogP contribution < -0.4 is 0 Å². The van der Waals surface area contributed by atoms with Gasteiger partial charge in [0, 0.05) is 41.5 Å². The van der Waals surface area contributed by atoms with Gasteiger partial charge < -0.3 is 28.4 Å². The summed E-state index contributed by atoms with van der Waals surface area (Å²) >= 11 is 0. The zero-order chi connectivity index (χ0) is 21.4. The molecular weight excluding hydrogens is 376 g/mol. The average molecular weight is 394 g/mol. The van der Waals surface area contributed by atoms with E-state index in [9.17, 15) is 28.8 Å². The monoisotopic (exact) mass is 394 g/mol. The van der Waals surface area contributed by atoms with Crippen molar-refractivity contribution in [2.75, 3.05) is 0 Å². The van der Waals surface area contributed by atoms with Crippen molar-refractivity contribution in [3.8, 4) is 0 Å². The van der Waals surface area contributed by atoms with Crippen LogP contribution >= 0.6 is 0 Å². The van der Waals surface area contributed by atoms with E-state index in [0.29, 0.717) is 0 Å². The highest BCUT2D eigenvalue weighted by molar-refractivity contribution is 5.71. The van der Waals surface area contributed by atoms with Gasteiger partial charge in [-0.25, -0.2) is 0 Å². The van der Waals surface area contributed by atoms with Crippen LogP contribution in [0.5, 0.6) is 0 Å². The Bertz CT molecular complexity index is 499. The van der Waals surface area contributed by atoms with E-state index in [4.69, 9.17) is 4.74 Å². The molecule has 0 aliphatic carbocycles. The van der Waals surface area contributed by atoms with Crippen molar-refractivity contribution in [3.63, 3.8) is 0 Å². The Morgan fingerprint density at radius 3 is 0.667 bits per heavy atom. The molecule has 0 fully saturated rings. The highest BCUT2D eigenvalue weighted by atomic mass is 17.1. The lowest BCUT2D eigenvalue weighted by Crippen LogP contribution is -2.57. The standard InChI is InChI=1S/C14H18O13/c1-7(15)21-13(22-8(2)16,23-9(3)17)27-14(24-10(4)18,25-11(5)19)26-12(6)20/h1-6H3. The van der Waals surface area contributed by atoms with Crippen molar-refractivity contribution in [3.05, 3.63) is 0 Å². The zero-order valence-electron chi connectivity index (χ0n) is 15.3. The minimum atomic E-state index is -3.37. The molecule has 0 aliphatic heterocycles. The molecule has 0 N–H and O–H groups in total. The molecule has 0 atom stereocenters. The molecule has 0 radical (unpaired) electrons. The molecule has 152 valence electrons. The smallest absolute Gasteiger partial charge is 0.363 e. The molecule has 0 saturated carbocycles. The van der Waals surface area contributed by atoms with Crippen molar-refractivity contribution in [1.29, 1.82) is 0 Å². The van der Waals surface area contributed by atoms with Gasteiger partial charge in [0.05, 0.1) is 0 Å². The van der Waals surface area contributed by atoms with Gasteiger partial charge in [-0.3, -0.25) is 28.8 Å². The first-order chi connectivity index (χ1) is 12.2. The maximum absolute atomic E-state index is 11.4. The van der Waals surface area contributed by atoms with E-state index in [1.807, 2.05) is 0 Å². The van der Waals surface area contributed by atoms with E-state index in [-0.39, 0.29) is 0 Å². The molecule has 0 heterocycles. The highest BCUT2D eigenvalue weighted by Crippen LogP contribution is 2.30. The molecule has 0 bridgehead atoms. The molecule has 0 unspecified atom stereocenters. The molecule has 0 aromatic rings. The van der Waals surface area contributed by atoms with E-state index in [0.717, 1.165) is 41.5 Å². The fourth-order valence-corrected chi connectivity index (χ4v) is 1.46. The largest absolute Gasteiger partial charge is 0.575 e. The highest BCUT2D eigenvalue weighted by Gasteiger charge is 2.59. The predicted octanol–water partition coefficient (Wildman–Crippen LogP) is -0.396. The fraction of sp³-hybridized carbons (Fsp3) is 0.571. The van der Waals surface area contributed by atoms with E-state index in [1.54, 1.807) is 0 Å². The third-order valence-electron chi connectivity index (χ3n) is 1.86. The van der Waals surface area contributed by atoms with Gasteiger partial charge in [-0.1, -0.05) is 0 Å². The maximum Gasteiger partial charge on any atom is 0.575 e. The average Bonchev–Trinajstić information content (AvgIpc) is 2.30. The van der Waals surface area contributed by atoms with Crippen LogP contribution in [-0.2, 0) is 61.9 Å². The molecule has 27 heavy (non-hydrogen) atoms. The van der Waals surface area contributed by atoms with Gasteiger partial charge in [0.15, 0.2) is 0 Å². The molecule has 13 heteroatoms. The maximum atomic E-state index is 11.4. The van der Waals surface area contributed by atoms with Crippen LogP contribution in [0.25, 0.3) is 0 Å². The second kappa shape index (κ2) is 9.47. The van der Waals surface area contributed by atoms with Crippen molar-refractivity contribution in [2.24, 2.45) is 0 Å². The zero-order valence-corrected chi connectivity index (χ0v) is 15.3. The Morgan fingerprint density at radius 2 is 0.556 bits per heavy atom. The summed E-state index contributed by atoms with van der Waals surface area (Å²) in [6, 6.07) is 0. The normalized spacial score (nSPS) is 10.9. The van der Waals surface area contributed by atoms with Crippen LogP contribution in [0.3, 0.4) is 0 Å². The topological polar surface area (TPSA) is 167 Å². The molecule has 0 amide bonds. The molecule has 0 aromatic carbocycles. The van der Waals surface area contributed by atoms with Crippen LogP contribution in [0.2, 0.25) is 0 Å². The molecule has 0 rings (SSSR count). The first-order valence-electron chi connectivity index (χ1n) is 7.08. The number of rotatable bonds is 8. The SMILES string of the molecule is CC(=O)OC(OC(C)=O)(OC(C)=O)OC(OC(C)=O)(OC(C)=O)OC(C)=O. The predicted molar refractivity (Wildman–Crippen MR) is 77.1 cm³/mol. The van der Waals surface area contributed by atoms with Crippen molar-refractivity contribution < 1.29 is 61.9 Å². The summed E-state index contributed by atoms with van der Waals surface area (Å²) < 4.78 is 32.1. The number of hydrogen-bond acceptors (Lipinski definition) is 13. The van der Waals surface area contributed by atoms with Gasteiger partial charge in [0.25, 0.3) is 0 Å². The third kappa shape index (κ3) is 9.15. The van der Waals surface area contributed by atoms with Crippen LogP contribution in [0.1, 0.15) is 41.5 Å². The number of carbonyl (C=O) groups is 6.